The van der Waals surface area contributed by atoms with E-state index < -0.39 is 0 Å². The zero-order valence-corrected chi connectivity index (χ0v) is 11.7. The maximum atomic E-state index is 5.90. The van der Waals surface area contributed by atoms with Gasteiger partial charge in [-0.1, -0.05) is 6.07 Å². The molecular formula is C15H20N4. The molecule has 1 atom stereocenters. The molecule has 2 N–H and O–H groups in total. The Bertz CT molecular complexity index is 551. The molecule has 2 heterocycles. The van der Waals surface area contributed by atoms with Gasteiger partial charge in [-0.15, -0.1) is 0 Å². The van der Waals surface area contributed by atoms with Crippen molar-refractivity contribution in [1.82, 2.24) is 9.97 Å². The normalized spacial score (nSPS) is 12.2. The van der Waals surface area contributed by atoms with Crippen LogP contribution in [0.2, 0.25) is 0 Å². The van der Waals surface area contributed by atoms with Gasteiger partial charge in [0.15, 0.2) is 0 Å². The molecule has 2 rings (SSSR count). The average molecular weight is 256 g/mol. The van der Waals surface area contributed by atoms with Gasteiger partial charge in [0.25, 0.3) is 0 Å². The second-order valence-electron chi connectivity index (χ2n) is 4.86. The lowest BCUT2D eigenvalue weighted by molar-refractivity contribution is 0.806. The summed E-state index contributed by atoms with van der Waals surface area (Å²) in [7, 11) is 2.01. The molecule has 0 aliphatic heterocycles. The number of pyridine rings is 2. The number of hydrogen-bond donors (Lipinski definition) is 1. The summed E-state index contributed by atoms with van der Waals surface area (Å²) in [6.07, 6.45) is 1.80. The Morgan fingerprint density at radius 3 is 2.79 bits per heavy atom. The van der Waals surface area contributed by atoms with Gasteiger partial charge < -0.3 is 10.6 Å². The quantitative estimate of drug-likeness (QED) is 0.913. The third-order valence-corrected chi connectivity index (χ3v) is 3.03. The Hall–Kier alpha value is -1.94. The monoisotopic (exact) mass is 256 g/mol. The van der Waals surface area contributed by atoms with Crippen molar-refractivity contribution >= 4 is 5.82 Å². The predicted octanol–water partition coefficient (Wildman–Crippen LogP) is 2.44. The smallest absolute Gasteiger partial charge is 0.128 e. The molecule has 4 heteroatoms. The first kappa shape index (κ1) is 13.5. The zero-order chi connectivity index (χ0) is 13.8. The van der Waals surface area contributed by atoms with Gasteiger partial charge in [-0.2, -0.15) is 0 Å². The fourth-order valence-corrected chi connectivity index (χ4v) is 1.94. The molecule has 0 saturated carbocycles. The van der Waals surface area contributed by atoms with Crippen molar-refractivity contribution in [2.24, 2.45) is 5.73 Å². The van der Waals surface area contributed by atoms with E-state index in [1.54, 1.807) is 6.20 Å². The summed E-state index contributed by atoms with van der Waals surface area (Å²) in [5.41, 5.74) is 9.06. The minimum atomic E-state index is 0.0206. The molecule has 0 aromatic carbocycles. The highest BCUT2D eigenvalue weighted by Crippen LogP contribution is 2.17. The molecule has 0 radical (unpaired) electrons. The van der Waals surface area contributed by atoms with Crippen LogP contribution >= 0.6 is 0 Å². The molecule has 19 heavy (non-hydrogen) atoms. The highest BCUT2D eigenvalue weighted by atomic mass is 15.2. The molecule has 0 bridgehead atoms. The molecule has 0 spiro atoms. The minimum Gasteiger partial charge on any atom is -0.354 e. The van der Waals surface area contributed by atoms with Crippen LogP contribution in [0.15, 0.2) is 36.5 Å². The van der Waals surface area contributed by atoms with Crippen molar-refractivity contribution < 1.29 is 0 Å². The molecule has 0 aliphatic rings. The number of aromatic nitrogens is 2. The van der Waals surface area contributed by atoms with E-state index in [2.05, 4.69) is 14.9 Å². The van der Waals surface area contributed by atoms with Crippen LogP contribution in [0.1, 0.15) is 29.9 Å². The number of nitrogens with zero attached hydrogens (tertiary/aromatic N) is 3. The number of aryl methyl sites for hydroxylation is 1. The van der Waals surface area contributed by atoms with Crippen LogP contribution in [0.5, 0.6) is 0 Å². The summed E-state index contributed by atoms with van der Waals surface area (Å²) in [5, 5.41) is 0. The molecule has 0 aliphatic carbocycles. The van der Waals surface area contributed by atoms with Gasteiger partial charge in [0.1, 0.15) is 5.82 Å². The molecule has 0 amide bonds. The van der Waals surface area contributed by atoms with E-state index in [0.717, 1.165) is 29.3 Å². The number of nitrogens with two attached hydrogens (primary N) is 1. The third kappa shape index (κ3) is 3.51. The fraction of sp³-hybridized carbons (Fsp3) is 0.333. The van der Waals surface area contributed by atoms with E-state index in [4.69, 9.17) is 5.73 Å². The lowest BCUT2D eigenvalue weighted by Crippen LogP contribution is -2.19. The lowest BCUT2D eigenvalue weighted by atomic mass is 10.1. The van der Waals surface area contributed by atoms with E-state index in [0.29, 0.717) is 0 Å². The van der Waals surface area contributed by atoms with Crippen molar-refractivity contribution in [2.75, 3.05) is 11.9 Å². The van der Waals surface area contributed by atoms with Gasteiger partial charge in [0.05, 0.1) is 12.2 Å². The Kier molecular flexibility index (Phi) is 4.12. The largest absolute Gasteiger partial charge is 0.354 e. The SMILES string of the molecule is Cc1cccc(CN(C)c2cc(C(C)N)ccn2)n1. The van der Waals surface area contributed by atoms with E-state index in [-0.39, 0.29) is 6.04 Å². The molecule has 0 saturated heterocycles. The summed E-state index contributed by atoms with van der Waals surface area (Å²) in [5.74, 6) is 0.915. The maximum absolute atomic E-state index is 5.90. The fourth-order valence-electron chi connectivity index (χ4n) is 1.94. The van der Waals surface area contributed by atoms with Crippen LogP contribution in [0, 0.1) is 6.92 Å². The van der Waals surface area contributed by atoms with E-state index >= 15 is 0 Å². The second-order valence-corrected chi connectivity index (χ2v) is 4.86. The maximum Gasteiger partial charge on any atom is 0.128 e. The second kappa shape index (κ2) is 5.80. The molecule has 100 valence electrons. The third-order valence-electron chi connectivity index (χ3n) is 3.03. The van der Waals surface area contributed by atoms with Crippen LogP contribution in [0.25, 0.3) is 0 Å². The molecule has 2 aromatic heterocycles. The zero-order valence-electron chi connectivity index (χ0n) is 11.7. The summed E-state index contributed by atoms with van der Waals surface area (Å²) in [6.45, 7) is 4.71. The first-order chi connectivity index (χ1) is 9.06. The first-order valence-corrected chi connectivity index (χ1v) is 6.41. The van der Waals surface area contributed by atoms with Gasteiger partial charge in [0, 0.05) is 25.0 Å². The van der Waals surface area contributed by atoms with E-state index in [1.807, 2.05) is 51.2 Å². The molecule has 1 unspecified atom stereocenters. The Morgan fingerprint density at radius 2 is 2.11 bits per heavy atom. The van der Waals surface area contributed by atoms with E-state index in [1.165, 1.54) is 0 Å². The Morgan fingerprint density at radius 1 is 1.32 bits per heavy atom. The van der Waals surface area contributed by atoms with Crippen molar-refractivity contribution in [3.8, 4) is 0 Å². The van der Waals surface area contributed by atoms with Crippen molar-refractivity contribution in [1.29, 1.82) is 0 Å². The molecule has 4 nitrogen and oxygen atoms in total. The predicted molar refractivity (Wildman–Crippen MR) is 77.9 cm³/mol. The topological polar surface area (TPSA) is 55.0 Å². The highest BCUT2D eigenvalue weighted by molar-refractivity contribution is 5.41. The van der Waals surface area contributed by atoms with Crippen molar-refractivity contribution in [2.45, 2.75) is 26.4 Å². The molecular weight excluding hydrogens is 236 g/mol. The van der Waals surface area contributed by atoms with Crippen LogP contribution in [0.3, 0.4) is 0 Å². The lowest BCUT2D eigenvalue weighted by Gasteiger charge is -2.19. The van der Waals surface area contributed by atoms with E-state index in [9.17, 15) is 0 Å². The number of rotatable bonds is 4. The highest BCUT2D eigenvalue weighted by Gasteiger charge is 2.07. The van der Waals surface area contributed by atoms with Crippen LogP contribution < -0.4 is 10.6 Å². The van der Waals surface area contributed by atoms with Crippen molar-refractivity contribution in [3.05, 3.63) is 53.5 Å². The Labute approximate surface area is 114 Å². The van der Waals surface area contributed by atoms with Gasteiger partial charge in [-0.3, -0.25) is 4.98 Å². The van der Waals surface area contributed by atoms with Gasteiger partial charge in [-0.05, 0) is 43.7 Å². The Balaban J connectivity index is 2.15. The molecule has 2 aromatic rings. The van der Waals surface area contributed by atoms with Crippen LogP contribution in [0.4, 0.5) is 5.82 Å². The molecule has 0 fully saturated rings. The van der Waals surface area contributed by atoms with Gasteiger partial charge >= 0.3 is 0 Å². The number of hydrogen-bond acceptors (Lipinski definition) is 4. The van der Waals surface area contributed by atoms with Crippen LogP contribution in [-0.2, 0) is 6.54 Å². The van der Waals surface area contributed by atoms with Crippen LogP contribution in [-0.4, -0.2) is 17.0 Å². The van der Waals surface area contributed by atoms with Gasteiger partial charge in [0.2, 0.25) is 0 Å². The summed E-state index contributed by atoms with van der Waals surface area (Å²) in [6, 6.07) is 10.1. The standard InChI is InChI=1S/C15H20N4/c1-11-5-4-6-14(18-11)10-19(3)15-9-13(12(2)16)7-8-17-15/h4-9,12H,10,16H2,1-3H3. The minimum absolute atomic E-state index is 0.0206. The average Bonchev–Trinajstić information content (AvgIpc) is 2.39. The number of anilines is 1. The van der Waals surface area contributed by atoms with Crippen molar-refractivity contribution in [3.63, 3.8) is 0 Å². The summed E-state index contributed by atoms with van der Waals surface area (Å²) in [4.78, 5) is 11.0. The summed E-state index contributed by atoms with van der Waals surface area (Å²) >= 11 is 0. The van der Waals surface area contributed by atoms with Gasteiger partial charge in [-0.25, -0.2) is 4.98 Å². The first-order valence-electron chi connectivity index (χ1n) is 6.41. The summed E-state index contributed by atoms with van der Waals surface area (Å²) < 4.78 is 0.